The van der Waals surface area contributed by atoms with Crippen LogP contribution in [0.4, 0.5) is 0 Å². The van der Waals surface area contributed by atoms with E-state index in [-0.39, 0.29) is 30.3 Å². The summed E-state index contributed by atoms with van der Waals surface area (Å²) >= 11 is 0. The molecule has 0 saturated heterocycles. The molecule has 0 aliphatic carbocycles. The number of carbonyl (C=O) groups excluding carboxylic acids is 2. The number of benzene rings is 2. The number of ether oxygens (including phenoxy) is 3. The van der Waals surface area contributed by atoms with E-state index in [1.54, 1.807) is 24.3 Å². The van der Waals surface area contributed by atoms with Crippen LogP contribution in [0.1, 0.15) is 42.7 Å². The highest BCUT2D eigenvalue weighted by Gasteiger charge is 2.21. The number of carbonyl (C=O) groups is 2. The smallest absolute Gasteiger partial charge is 0.251 e. The van der Waals surface area contributed by atoms with Gasteiger partial charge < -0.3 is 24.8 Å². The van der Waals surface area contributed by atoms with Gasteiger partial charge in [-0.1, -0.05) is 19.9 Å². The Morgan fingerprint density at radius 3 is 2.40 bits per heavy atom. The zero-order valence-corrected chi connectivity index (χ0v) is 17.6. The molecule has 1 aliphatic rings. The fraction of sp³-hybridized carbons (Fsp3) is 0.391. The minimum absolute atomic E-state index is 0.111. The molecule has 30 heavy (non-hydrogen) atoms. The summed E-state index contributed by atoms with van der Waals surface area (Å²) in [6, 6.07) is 12.3. The molecule has 0 spiro atoms. The number of nitrogens with one attached hydrogen (secondary N) is 2. The first kappa shape index (κ1) is 21.5. The van der Waals surface area contributed by atoms with Crippen molar-refractivity contribution in [2.45, 2.75) is 26.8 Å². The van der Waals surface area contributed by atoms with Gasteiger partial charge in [0.25, 0.3) is 5.91 Å². The molecule has 1 aliphatic heterocycles. The summed E-state index contributed by atoms with van der Waals surface area (Å²) in [6.07, 6.45) is 0. The molecule has 0 aromatic heterocycles. The van der Waals surface area contributed by atoms with Crippen LogP contribution < -0.4 is 24.8 Å². The van der Waals surface area contributed by atoms with Crippen molar-refractivity contribution in [1.82, 2.24) is 10.6 Å². The van der Waals surface area contributed by atoms with Crippen molar-refractivity contribution in [3.63, 3.8) is 0 Å². The average Bonchev–Trinajstić information content (AvgIpc) is 2.76. The topological polar surface area (TPSA) is 85.9 Å². The minimum Gasteiger partial charge on any atom is -0.494 e. The predicted octanol–water partition coefficient (Wildman–Crippen LogP) is 3.10. The molecule has 2 amide bonds. The molecule has 0 fully saturated rings. The monoisotopic (exact) mass is 412 g/mol. The van der Waals surface area contributed by atoms with Crippen molar-refractivity contribution < 1.29 is 23.8 Å². The second-order valence-corrected chi connectivity index (χ2v) is 7.33. The van der Waals surface area contributed by atoms with E-state index in [2.05, 4.69) is 10.6 Å². The predicted molar refractivity (Wildman–Crippen MR) is 113 cm³/mol. The maximum absolute atomic E-state index is 12.5. The molecule has 2 N–H and O–H groups in total. The van der Waals surface area contributed by atoms with E-state index in [4.69, 9.17) is 14.2 Å². The van der Waals surface area contributed by atoms with Gasteiger partial charge in [-0.3, -0.25) is 9.59 Å². The van der Waals surface area contributed by atoms with Crippen LogP contribution in [0.15, 0.2) is 42.5 Å². The van der Waals surface area contributed by atoms with Gasteiger partial charge >= 0.3 is 0 Å². The van der Waals surface area contributed by atoms with E-state index in [1.165, 1.54) is 0 Å². The van der Waals surface area contributed by atoms with Crippen molar-refractivity contribution in [2.24, 2.45) is 5.92 Å². The van der Waals surface area contributed by atoms with Crippen LogP contribution in [-0.2, 0) is 4.79 Å². The maximum Gasteiger partial charge on any atom is 0.251 e. The highest BCUT2D eigenvalue weighted by Crippen LogP contribution is 2.34. The summed E-state index contributed by atoms with van der Waals surface area (Å²) in [4.78, 5) is 24.8. The molecule has 0 bridgehead atoms. The molecule has 0 saturated carbocycles. The molecule has 2 aromatic carbocycles. The molecule has 1 atom stereocenters. The zero-order valence-electron chi connectivity index (χ0n) is 17.6. The van der Waals surface area contributed by atoms with E-state index in [9.17, 15) is 9.59 Å². The van der Waals surface area contributed by atoms with Crippen molar-refractivity contribution in [3.05, 3.63) is 53.6 Å². The fourth-order valence-electron chi connectivity index (χ4n) is 3.24. The van der Waals surface area contributed by atoms with E-state index >= 15 is 0 Å². The Labute approximate surface area is 176 Å². The van der Waals surface area contributed by atoms with Gasteiger partial charge in [-0.15, -0.1) is 0 Å². The summed E-state index contributed by atoms with van der Waals surface area (Å²) in [5, 5.41) is 5.66. The van der Waals surface area contributed by atoms with Crippen molar-refractivity contribution >= 4 is 11.8 Å². The van der Waals surface area contributed by atoms with Crippen molar-refractivity contribution in [2.75, 3.05) is 26.4 Å². The summed E-state index contributed by atoms with van der Waals surface area (Å²) in [6.45, 7) is 7.44. The number of fused-ring (bicyclic) bond motifs is 1. The molecule has 0 unspecified atom stereocenters. The van der Waals surface area contributed by atoms with Gasteiger partial charge in [0, 0.05) is 5.56 Å². The summed E-state index contributed by atoms with van der Waals surface area (Å²) < 4.78 is 16.6. The van der Waals surface area contributed by atoms with Gasteiger partial charge in [-0.2, -0.15) is 0 Å². The lowest BCUT2D eigenvalue weighted by molar-refractivity contribution is -0.121. The van der Waals surface area contributed by atoms with E-state index in [1.807, 2.05) is 39.0 Å². The lowest BCUT2D eigenvalue weighted by Gasteiger charge is -2.25. The first-order chi connectivity index (χ1) is 14.5. The Balaban J connectivity index is 1.58. The van der Waals surface area contributed by atoms with Gasteiger partial charge in [-0.05, 0) is 54.8 Å². The minimum atomic E-state index is -0.311. The normalized spacial score (nSPS) is 13.5. The van der Waals surface area contributed by atoms with Crippen LogP contribution in [-0.4, -0.2) is 38.2 Å². The SMILES string of the molecule is CCOc1ccc(C(=O)NCC(=O)N[C@H](c2ccc3c(c2)OCCO3)C(C)C)cc1. The van der Waals surface area contributed by atoms with E-state index in [0.717, 1.165) is 5.56 Å². The van der Waals surface area contributed by atoms with Crippen LogP contribution in [0, 0.1) is 5.92 Å². The Bertz CT molecular complexity index is 880. The van der Waals surface area contributed by atoms with Crippen LogP contribution in [0.2, 0.25) is 0 Å². The first-order valence-corrected chi connectivity index (χ1v) is 10.2. The highest BCUT2D eigenvalue weighted by atomic mass is 16.6. The van der Waals surface area contributed by atoms with E-state index < -0.39 is 0 Å². The third-order valence-corrected chi connectivity index (χ3v) is 4.75. The lowest BCUT2D eigenvalue weighted by Crippen LogP contribution is -2.40. The molecule has 2 aromatic rings. The zero-order chi connectivity index (χ0) is 21.5. The molecular weight excluding hydrogens is 384 g/mol. The summed E-state index contributed by atoms with van der Waals surface area (Å²) in [7, 11) is 0. The molecule has 7 heteroatoms. The highest BCUT2D eigenvalue weighted by molar-refractivity contribution is 5.96. The Kier molecular flexibility index (Phi) is 7.17. The number of hydrogen-bond donors (Lipinski definition) is 2. The van der Waals surface area contributed by atoms with Crippen molar-refractivity contribution in [1.29, 1.82) is 0 Å². The Morgan fingerprint density at radius 1 is 1.03 bits per heavy atom. The molecule has 160 valence electrons. The average molecular weight is 412 g/mol. The largest absolute Gasteiger partial charge is 0.494 e. The van der Waals surface area contributed by atoms with Gasteiger partial charge in [-0.25, -0.2) is 0 Å². The van der Waals surface area contributed by atoms with Crippen molar-refractivity contribution in [3.8, 4) is 17.2 Å². The van der Waals surface area contributed by atoms with Crippen LogP contribution in [0.3, 0.4) is 0 Å². The number of hydrogen-bond acceptors (Lipinski definition) is 5. The van der Waals surface area contributed by atoms with Gasteiger partial charge in [0.2, 0.25) is 5.91 Å². The number of rotatable bonds is 8. The fourth-order valence-corrected chi connectivity index (χ4v) is 3.24. The third kappa shape index (κ3) is 5.43. The van der Waals surface area contributed by atoms with Crippen LogP contribution in [0.5, 0.6) is 17.2 Å². The second-order valence-electron chi connectivity index (χ2n) is 7.33. The molecule has 0 radical (unpaired) electrons. The third-order valence-electron chi connectivity index (χ3n) is 4.75. The molecular formula is C23H28N2O5. The second kappa shape index (κ2) is 10.0. The van der Waals surface area contributed by atoms with Gasteiger partial charge in [0.15, 0.2) is 11.5 Å². The lowest BCUT2D eigenvalue weighted by atomic mass is 9.95. The quantitative estimate of drug-likeness (QED) is 0.696. The standard InChI is InChI=1S/C23H28N2O5/c1-4-28-18-8-5-16(6-9-18)23(27)24-14-21(26)25-22(15(2)3)17-7-10-19-20(13-17)30-12-11-29-19/h5-10,13,15,22H,4,11-12,14H2,1-3H3,(H,24,27)(H,25,26)/t22-/m0/s1. The molecule has 7 nitrogen and oxygen atoms in total. The van der Waals surface area contributed by atoms with E-state index in [0.29, 0.717) is 42.6 Å². The Hall–Kier alpha value is -3.22. The first-order valence-electron chi connectivity index (χ1n) is 10.2. The Morgan fingerprint density at radius 2 is 1.73 bits per heavy atom. The van der Waals surface area contributed by atoms with Gasteiger partial charge in [0.05, 0.1) is 19.2 Å². The summed E-state index contributed by atoms with van der Waals surface area (Å²) in [5.41, 5.74) is 1.40. The van der Waals surface area contributed by atoms with Gasteiger partial charge in [0.1, 0.15) is 19.0 Å². The van der Waals surface area contributed by atoms with Crippen LogP contribution in [0.25, 0.3) is 0 Å². The molecule has 1 heterocycles. The van der Waals surface area contributed by atoms with Crippen LogP contribution >= 0.6 is 0 Å². The maximum atomic E-state index is 12.5. The summed E-state index contributed by atoms with van der Waals surface area (Å²) in [5.74, 6) is 1.67. The number of amides is 2. The molecule has 3 rings (SSSR count).